The number of halogens is 1. The molecule has 1 aromatic heterocycles. The molecule has 0 aliphatic carbocycles. The summed E-state index contributed by atoms with van der Waals surface area (Å²) in [5.41, 5.74) is 1.53. The summed E-state index contributed by atoms with van der Waals surface area (Å²) < 4.78 is 12.9. The number of nitrogens with one attached hydrogen (secondary N) is 1. The van der Waals surface area contributed by atoms with Gasteiger partial charge in [-0.25, -0.2) is 9.37 Å². The van der Waals surface area contributed by atoms with Crippen molar-refractivity contribution >= 4 is 17.7 Å². The molecule has 0 radical (unpaired) electrons. The van der Waals surface area contributed by atoms with E-state index in [0.717, 1.165) is 10.5 Å². The fraction of sp³-hybridized carbons (Fsp3) is 0.100. The van der Waals surface area contributed by atoms with E-state index in [1.807, 2.05) is 30.3 Å². The molecule has 0 spiro atoms. The maximum Gasteiger partial charge on any atom is 0.254 e. The Morgan fingerprint density at radius 1 is 1.00 bits per heavy atom. The molecule has 2 aromatic carbocycles. The number of hydrogen-bond donors (Lipinski definition) is 1. The van der Waals surface area contributed by atoms with Crippen molar-refractivity contribution in [1.29, 1.82) is 0 Å². The Kier molecular flexibility index (Phi) is 5.80. The molecule has 25 heavy (non-hydrogen) atoms. The number of benzene rings is 2. The van der Waals surface area contributed by atoms with Crippen molar-refractivity contribution in [3.8, 4) is 0 Å². The lowest BCUT2D eigenvalue weighted by molar-refractivity contribution is 0.0950. The van der Waals surface area contributed by atoms with Crippen molar-refractivity contribution in [2.45, 2.75) is 16.3 Å². The highest BCUT2D eigenvalue weighted by atomic mass is 32.2. The van der Waals surface area contributed by atoms with Crippen molar-refractivity contribution in [3.63, 3.8) is 0 Å². The summed E-state index contributed by atoms with van der Waals surface area (Å²) in [7, 11) is 0. The first-order valence-electron chi connectivity index (χ1n) is 7.93. The average Bonchev–Trinajstić information content (AvgIpc) is 2.64. The van der Waals surface area contributed by atoms with Gasteiger partial charge in [0.05, 0.1) is 5.56 Å². The van der Waals surface area contributed by atoms with E-state index < -0.39 is 0 Å². The molecular weight excluding hydrogens is 335 g/mol. The monoisotopic (exact) mass is 352 g/mol. The van der Waals surface area contributed by atoms with Crippen molar-refractivity contribution < 1.29 is 9.18 Å². The number of aromatic nitrogens is 1. The quantitative estimate of drug-likeness (QED) is 0.717. The number of nitrogens with zero attached hydrogens (tertiary/aromatic N) is 1. The number of carbonyl (C=O) groups excluding carboxylic acids is 1. The van der Waals surface area contributed by atoms with Gasteiger partial charge in [0.25, 0.3) is 5.91 Å². The van der Waals surface area contributed by atoms with Crippen molar-refractivity contribution in [2.75, 3.05) is 6.54 Å². The normalized spacial score (nSPS) is 10.4. The van der Waals surface area contributed by atoms with E-state index in [9.17, 15) is 9.18 Å². The Morgan fingerprint density at radius 2 is 1.76 bits per heavy atom. The first-order chi connectivity index (χ1) is 12.2. The molecule has 0 bridgehead atoms. The molecular formula is C20H17FN2OS. The standard InChI is InChI=1S/C20H17FN2OS/c21-16-10-8-15(9-11-16)12-14-22-19(24)18-7-4-13-23-20(18)25-17-5-2-1-3-6-17/h1-11,13H,12,14H2,(H,22,24). The van der Waals surface area contributed by atoms with Gasteiger partial charge in [0.1, 0.15) is 10.8 Å². The molecule has 5 heteroatoms. The fourth-order valence-corrected chi connectivity index (χ4v) is 3.21. The number of rotatable bonds is 6. The lowest BCUT2D eigenvalue weighted by Gasteiger charge is -2.09. The second-order valence-corrected chi connectivity index (χ2v) is 6.47. The number of amides is 1. The van der Waals surface area contributed by atoms with Gasteiger partial charge >= 0.3 is 0 Å². The SMILES string of the molecule is O=C(NCCc1ccc(F)cc1)c1cccnc1Sc1ccccc1. The third-order valence-electron chi connectivity index (χ3n) is 3.59. The van der Waals surface area contributed by atoms with Crippen molar-refractivity contribution in [2.24, 2.45) is 0 Å². The van der Waals surface area contributed by atoms with Gasteiger partial charge in [-0.1, -0.05) is 42.1 Å². The number of carbonyl (C=O) groups is 1. The molecule has 3 rings (SSSR count). The Hall–Kier alpha value is -2.66. The topological polar surface area (TPSA) is 42.0 Å². The fourth-order valence-electron chi connectivity index (χ4n) is 2.31. The second kappa shape index (κ2) is 8.44. The molecule has 0 aliphatic rings. The molecule has 0 saturated carbocycles. The van der Waals surface area contributed by atoms with Crippen molar-refractivity contribution in [1.82, 2.24) is 10.3 Å². The van der Waals surface area contributed by atoms with Gasteiger partial charge in [0.15, 0.2) is 0 Å². The second-order valence-electron chi connectivity index (χ2n) is 5.40. The van der Waals surface area contributed by atoms with E-state index in [1.54, 1.807) is 30.5 Å². The van der Waals surface area contributed by atoms with Crippen LogP contribution in [-0.4, -0.2) is 17.4 Å². The van der Waals surface area contributed by atoms with Crippen LogP contribution in [0.4, 0.5) is 4.39 Å². The van der Waals surface area contributed by atoms with Gasteiger partial charge in [-0.2, -0.15) is 0 Å². The van der Waals surface area contributed by atoms with E-state index in [4.69, 9.17) is 0 Å². The molecule has 0 aliphatic heterocycles. The van der Waals surface area contributed by atoms with Gasteiger partial charge < -0.3 is 5.32 Å². The third-order valence-corrected chi connectivity index (χ3v) is 4.61. The van der Waals surface area contributed by atoms with Crippen LogP contribution in [0.25, 0.3) is 0 Å². The van der Waals surface area contributed by atoms with Gasteiger partial charge in [0, 0.05) is 17.6 Å². The van der Waals surface area contributed by atoms with Crippen LogP contribution in [0.1, 0.15) is 15.9 Å². The summed E-state index contributed by atoms with van der Waals surface area (Å²) in [6, 6.07) is 19.6. The summed E-state index contributed by atoms with van der Waals surface area (Å²) in [5, 5.41) is 3.58. The highest BCUT2D eigenvalue weighted by Crippen LogP contribution is 2.28. The van der Waals surface area contributed by atoms with Crippen LogP contribution in [0.2, 0.25) is 0 Å². The molecule has 1 amide bonds. The van der Waals surface area contributed by atoms with Crippen LogP contribution in [0.3, 0.4) is 0 Å². The van der Waals surface area contributed by atoms with Gasteiger partial charge in [-0.05, 0) is 48.4 Å². The molecule has 0 fully saturated rings. The molecule has 0 unspecified atom stereocenters. The van der Waals surface area contributed by atoms with Gasteiger partial charge in [0.2, 0.25) is 0 Å². The highest BCUT2D eigenvalue weighted by molar-refractivity contribution is 7.99. The summed E-state index contributed by atoms with van der Waals surface area (Å²) in [6.45, 7) is 0.481. The smallest absolute Gasteiger partial charge is 0.254 e. The van der Waals surface area contributed by atoms with Gasteiger partial charge in [-0.15, -0.1) is 0 Å². The minimum Gasteiger partial charge on any atom is -0.352 e. The van der Waals surface area contributed by atoms with Crippen LogP contribution in [-0.2, 0) is 6.42 Å². The Balaban J connectivity index is 1.63. The first kappa shape index (κ1) is 17.2. The highest BCUT2D eigenvalue weighted by Gasteiger charge is 2.13. The molecule has 3 nitrogen and oxygen atoms in total. The predicted octanol–water partition coefficient (Wildman–Crippen LogP) is 4.34. The van der Waals surface area contributed by atoms with E-state index in [1.165, 1.54) is 23.9 Å². The largest absolute Gasteiger partial charge is 0.352 e. The third kappa shape index (κ3) is 4.90. The molecule has 1 heterocycles. The molecule has 0 atom stereocenters. The zero-order chi connectivity index (χ0) is 17.5. The Morgan fingerprint density at radius 3 is 2.52 bits per heavy atom. The maximum absolute atomic E-state index is 12.9. The molecule has 1 N–H and O–H groups in total. The summed E-state index contributed by atoms with van der Waals surface area (Å²) >= 11 is 1.46. The van der Waals surface area contributed by atoms with Crippen LogP contribution < -0.4 is 5.32 Å². The summed E-state index contributed by atoms with van der Waals surface area (Å²) in [6.07, 6.45) is 2.33. The Bertz CT molecular complexity index is 838. The minimum atomic E-state index is -0.259. The first-order valence-corrected chi connectivity index (χ1v) is 8.74. The Labute approximate surface area is 150 Å². The van der Waals surface area contributed by atoms with Crippen LogP contribution in [0.5, 0.6) is 0 Å². The van der Waals surface area contributed by atoms with Crippen LogP contribution >= 0.6 is 11.8 Å². The average molecular weight is 352 g/mol. The summed E-state index contributed by atoms with van der Waals surface area (Å²) in [5.74, 6) is -0.417. The van der Waals surface area contributed by atoms with Crippen LogP contribution in [0, 0.1) is 5.82 Å². The predicted molar refractivity (Wildman–Crippen MR) is 97.2 cm³/mol. The molecule has 0 saturated heterocycles. The zero-order valence-corrected chi connectivity index (χ0v) is 14.3. The minimum absolute atomic E-state index is 0.159. The van der Waals surface area contributed by atoms with E-state index in [-0.39, 0.29) is 11.7 Å². The van der Waals surface area contributed by atoms with Gasteiger partial charge in [-0.3, -0.25) is 4.79 Å². The zero-order valence-electron chi connectivity index (χ0n) is 13.5. The molecule has 3 aromatic rings. The maximum atomic E-state index is 12.9. The lowest BCUT2D eigenvalue weighted by Crippen LogP contribution is -2.26. The lowest BCUT2D eigenvalue weighted by atomic mass is 10.1. The van der Waals surface area contributed by atoms with Crippen LogP contribution in [0.15, 0.2) is 82.8 Å². The van der Waals surface area contributed by atoms with E-state index >= 15 is 0 Å². The number of hydrogen-bond acceptors (Lipinski definition) is 3. The van der Waals surface area contributed by atoms with E-state index in [0.29, 0.717) is 23.6 Å². The van der Waals surface area contributed by atoms with Crippen molar-refractivity contribution in [3.05, 3.63) is 89.9 Å². The summed E-state index contributed by atoms with van der Waals surface area (Å²) in [4.78, 5) is 17.8. The molecule has 126 valence electrons. The van der Waals surface area contributed by atoms with E-state index in [2.05, 4.69) is 10.3 Å². The number of pyridine rings is 1.